The number of rotatable bonds is 3. The normalized spacial score (nSPS) is 12.4. The molecule has 3 rings (SSSR count). The standard InChI is InChI=1S/C13H12FN5S/c14-7-1-2-10-9(3-7)13-11(5-17-10)18-12(19-13)4-8(15)6-20-16/h1-3,5-6H,4,15-16H2,(H,18,19)/b8-6-. The predicted molar refractivity (Wildman–Crippen MR) is 79.1 cm³/mol. The maximum atomic E-state index is 13.4. The van der Waals surface area contributed by atoms with Crippen LogP contribution >= 0.6 is 11.9 Å². The van der Waals surface area contributed by atoms with E-state index in [9.17, 15) is 4.39 Å². The number of imidazole rings is 1. The van der Waals surface area contributed by atoms with Crippen LogP contribution in [0.25, 0.3) is 21.9 Å². The molecule has 2 aromatic heterocycles. The third kappa shape index (κ3) is 2.33. The van der Waals surface area contributed by atoms with E-state index in [0.29, 0.717) is 28.8 Å². The molecule has 0 aliphatic carbocycles. The van der Waals surface area contributed by atoms with E-state index >= 15 is 0 Å². The first-order chi connectivity index (χ1) is 9.67. The van der Waals surface area contributed by atoms with Gasteiger partial charge in [0.25, 0.3) is 0 Å². The van der Waals surface area contributed by atoms with Crippen molar-refractivity contribution in [2.24, 2.45) is 10.9 Å². The number of aromatic amines is 1. The van der Waals surface area contributed by atoms with Crippen molar-refractivity contribution in [1.29, 1.82) is 0 Å². The van der Waals surface area contributed by atoms with Gasteiger partial charge in [-0.1, -0.05) is 11.9 Å². The lowest BCUT2D eigenvalue weighted by Gasteiger charge is -1.98. The van der Waals surface area contributed by atoms with Crippen LogP contribution in [-0.2, 0) is 6.42 Å². The quantitative estimate of drug-likeness (QED) is 0.643. The Kier molecular flexibility index (Phi) is 3.29. The van der Waals surface area contributed by atoms with Gasteiger partial charge in [-0.2, -0.15) is 0 Å². The Bertz CT molecular complexity index is 811. The van der Waals surface area contributed by atoms with Gasteiger partial charge in [0.1, 0.15) is 17.2 Å². The molecule has 1 aromatic carbocycles. The molecule has 0 aliphatic heterocycles. The molecule has 0 saturated carbocycles. The van der Waals surface area contributed by atoms with Crippen LogP contribution in [0.2, 0.25) is 0 Å². The van der Waals surface area contributed by atoms with Crippen LogP contribution in [0.3, 0.4) is 0 Å². The first-order valence-corrected chi connectivity index (χ1v) is 6.84. The van der Waals surface area contributed by atoms with Crippen LogP contribution in [0.1, 0.15) is 5.82 Å². The van der Waals surface area contributed by atoms with Crippen molar-refractivity contribution in [3.63, 3.8) is 0 Å². The van der Waals surface area contributed by atoms with Crippen LogP contribution in [0.5, 0.6) is 0 Å². The van der Waals surface area contributed by atoms with Crippen molar-refractivity contribution in [1.82, 2.24) is 15.0 Å². The molecular weight excluding hydrogens is 277 g/mol. The van der Waals surface area contributed by atoms with Crippen molar-refractivity contribution >= 4 is 33.9 Å². The average molecular weight is 289 g/mol. The lowest BCUT2D eigenvalue weighted by atomic mass is 10.2. The first-order valence-electron chi connectivity index (χ1n) is 5.90. The number of hydrogen-bond donors (Lipinski definition) is 3. The molecule has 0 saturated heterocycles. The summed E-state index contributed by atoms with van der Waals surface area (Å²) in [5.74, 6) is 0.392. The summed E-state index contributed by atoms with van der Waals surface area (Å²) in [5, 5.41) is 7.69. The van der Waals surface area contributed by atoms with Gasteiger partial charge in [0, 0.05) is 22.9 Å². The van der Waals surface area contributed by atoms with E-state index in [2.05, 4.69) is 15.0 Å². The third-order valence-electron chi connectivity index (χ3n) is 2.93. The summed E-state index contributed by atoms with van der Waals surface area (Å²) in [5.41, 5.74) is 8.58. The molecule has 20 heavy (non-hydrogen) atoms. The van der Waals surface area contributed by atoms with Gasteiger partial charge in [0.15, 0.2) is 0 Å². The van der Waals surface area contributed by atoms with Crippen LogP contribution < -0.4 is 10.9 Å². The van der Waals surface area contributed by atoms with Gasteiger partial charge in [-0.15, -0.1) is 0 Å². The van der Waals surface area contributed by atoms with Crippen molar-refractivity contribution in [3.05, 3.63) is 47.1 Å². The number of allylic oxidation sites excluding steroid dienone is 1. The van der Waals surface area contributed by atoms with Crippen molar-refractivity contribution in [2.45, 2.75) is 6.42 Å². The van der Waals surface area contributed by atoms with E-state index in [0.717, 1.165) is 23.0 Å². The van der Waals surface area contributed by atoms with Crippen LogP contribution in [0.4, 0.5) is 4.39 Å². The number of nitrogens with one attached hydrogen (secondary N) is 1. The van der Waals surface area contributed by atoms with Crippen molar-refractivity contribution < 1.29 is 4.39 Å². The number of hydrogen-bond acceptors (Lipinski definition) is 5. The number of nitrogens with zero attached hydrogens (tertiary/aromatic N) is 2. The number of aromatic nitrogens is 3. The monoisotopic (exact) mass is 289 g/mol. The highest BCUT2D eigenvalue weighted by Crippen LogP contribution is 2.23. The second-order valence-electron chi connectivity index (χ2n) is 4.37. The highest BCUT2D eigenvalue weighted by molar-refractivity contribution is 7.99. The molecule has 0 fully saturated rings. The van der Waals surface area contributed by atoms with Crippen molar-refractivity contribution in [2.75, 3.05) is 0 Å². The van der Waals surface area contributed by atoms with Gasteiger partial charge in [-0.05, 0) is 18.2 Å². The minimum absolute atomic E-state index is 0.304. The van der Waals surface area contributed by atoms with Crippen LogP contribution in [0.15, 0.2) is 35.5 Å². The van der Waals surface area contributed by atoms with E-state index in [1.54, 1.807) is 17.7 Å². The van der Waals surface area contributed by atoms with E-state index in [1.807, 2.05) is 0 Å². The summed E-state index contributed by atoms with van der Waals surface area (Å²) in [6.07, 6.45) is 2.11. The summed E-state index contributed by atoms with van der Waals surface area (Å²) in [7, 11) is 0. The Hall–Kier alpha value is -2.12. The molecule has 5 N–H and O–H groups in total. The molecule has 102 valence electrons. The zero-order valence-electron chi connectivity index (χ0n) is 10.4. The van der Waals surface area contributed by atoms with Gasteiger partial charge in [-0.3, -0.25) is 10.1 Å². The molecule has 2 heterocycles. The van der Waals surface area contributed by atoms with Crippen molar-refractivity contribution in [3.8, 4) is 0 Å². The zero-order chi connectivity index (χ0) is 14.1. The number of halogens is 1. The maximum absolute atomic E-state index is 13.4. The van der Waals surface area contributed by atoms with E-state index in [-0.39, 0.29) is 5.82 Å². The fourth-order valence-electron chi connectivity index (χ4n) is 2.09. The summed E-state index contributed by atoms with van der Waals surface area (Å²) in [4.78, 5) is 11.8. The number of benzene rings is 1. The van der Waals surface area contributed by atoms with Gasteiger partial charge < -0.3 is 10.7 Å². The highest BCUT2D eigenvalue weighted by Gasteiger charge is 2.09. The zero-order valence-corrected chi connectivity index (χ0v) is 11.2. The highest BCUT2D eigenvalue weighted by atomic mass is 32.2. The maximum Gasteiger partial charge on any atom is 0.124 e. The Morgan fingerprint density at radius 1 is 1.40 bits per heavy atom. The molecule has 3 aromatic rings. The Labute approximate surface area is 118 Å². The lowest BCUT2D eigenvalue weighted by molar-refractivity contribution is 0.629. The van der Waals surface area contributed by atoms with E-state index < -0.39 is 0 Å². The van der Waals surface area contributed by atoms with Gasteiger partial charge >= 0.3 is 0 Å². The fourth-order valence-corrected chi connectivity index (χ4v) is 2.35. The number of H-pyrrole nitrogens is 1. The molecule has 0 unspecified atom stereocenters. The molecule has 0 amide bonds. The molecule has 5 nitrogen and oxygen atoms in total. The fraction of sp³-hybridized carbons (Fsp3) is 0.0769. The predicted octanol–water partition coefficient (Wildman–Crippen LogP) is 2.20. The topological polar surface area (TPSA) is 93.6 Å². The summed E-state index contributed by atoms with van der Waals surface area (Å²) < 4.78 is 13.4. The van der Waals surface area contributed by atoms with Crippen LogP contribution in [-0.4, -0.2) is 15.0 Å². The molecular formula is C13H12FN5S. The first kappa shape index (κ1) is 12.9. The Morgan fingerprint density at radius 3 is 3.05 bits per heavy atom. The lowest BCUT2D eigenvalue weighted by Crippen LogP contribution is -2.02. The largest absolute Gasteiger partial charge is 0.401 e. The van der Waals surface area contributed by atoms with Gasteiger partial charge in [-0.25, -0.2) is 9.37 Å². The minimum atomic E-state index is -0.304. The second kappa shape index (κ2) is 5.10. The number of fused-ring (bicyclic) bond motifs is 3. The summed E-state index contributed by atoms with van der Waals surface area (Å²) >= 11 is 1.05. The third-order valence-corrected chi connectivity index (χ3v) is 3.36. The molecule has 0 aliphatic rings. The smallest absolute Gasteiger partial charge is 0.124 e. The Morgan fingerprint density at radius 2 is 2.25 bits per heavy atom. The Balaban J connectivity index is 2.13. The molecule has 0 radical (unpaired) electrons. The molecule has 7 heteroatoms. The average Bonchev–Trinajstić information content (AvgIpc) is 2.81. The van der Waals surface area contributed by atoms with E-state index in [1.165, 1.54) is 12.1 Å². The number of nitrogens with two attached hydrogens (primary N) is 2. The second-order valence-corrected chi connectivity index (χ2v) is 4.88. The molecule has 0 spiro atoms. The minimum Gasteiger partial charge on any atom is -0.401 e. The summed E-state index contributed by atoms with van der Waals surface area (Å²) in [6.45, 7) is 0. The van der Waals surface area contributed by atoms with Gasteiger partial charge in [0.2, 0.25) is 0 Å². The van der Waals surface area contributed by atoms with Crippen LogP contribution in [0, 0.1) is 5.82 Å². The molecule has 0 atom stereocenters. The molecule has 0 bridgehead atoms. The number of pyridine rings is 1. The van der Waals surface area contributed by atoms with E-state index in [4.69, 9.17) is 10.9 Å². The summed E-state index contributed by atoms with van der Waals surface area (Å²) in [6, 6.07) is 4.48. The SMILES string of the molecule is NS/C=C(\N)Cc1nc2cnc3ccc(F)cc3c2[nH]1. The van der Waals surface area contributed by atoms with Gasteiger partial charge in [0.05, 0.1) is 17.2 Å².